The van der Waals surface area contributed by atoms with Crippen LogP contribution >= 0.6 is 27.5 Å². The first-order valence-corrected chi connectivity index (χ1v) is 7.60. The first kappa shape index (κ1) is 12.7. The highest BCUT2D eigenvalue weighted by atomic mass is 79.9. The Labute approximate surface area is 120 Å². The molecular weight excluding hydrogens is 319 g/mol. The molecule has 0 saturated heterocycles. The highest BCUT2D eigenvalue weighted by Crippen LogP contribution is 2.57. The largest absolute Gasteiger partial charge is 0.487 e. The van der Waals surface area contributed by atoms with Crippen LogP contribution in [0.3, 0.4) is 0 Å². The Bertz CT molecular complexity index is 459. The van der Waals surface area contributed by atoms with Gasteiger partial charge in [-0.25, -0.2) is 4.39 Å². The van der Waals surface area contributed by atoms with Crippen molar-refractivity contribution in [3.05, 3.63) is 28.5 Å². The molecular formula is C14H15BrClFO. The second-order valence-corrected chi connectivity index (χ2v) is 6.77. The molecule has 0 aliphatic heterocycles. The molecule has 3 rings (SSSR count). The zero-order valence-electron chi connectivity index (χ0n) is 9.96. The molecule has 2 unspecified atom stereocenters. The normalized spacial score (nSPS) is 29.3. The average molecular weight is 334 g/mol. The second kappa shape index (κ2) is 4.68. The summed E-state index contributed by atoms with van der Waals surface area (Å²) >= 11 is 9.60. The molecule has 0 amide bonds. The summed E-state index contributed by atoms with van der Waals surface area (Å²) in [6.07, 6.45) is 5.57. The van der Waals surface area contributed by atoms with Crippen LogP contribution < -0.4 is 4.74 Å². The summed E-state index contributed by atoms with van der Waals surface area (Å²) < 4.78 is 20.3. The van der Waals surface area contributed by atoms with Gasteiger partial charge in [-0.15, -0.1) is 11.6 Å². The molecule has 4 heteroatoms. The Hall–Kier alpha value is -0.280. The third-order valence-corrected chi connectivity index (χ3v) is 5.49. The van der Waals surface area contributed by atoms with E-state index in [9.17, 15) is 4.39 Å². The second-order valence-electron chi connectivity index (χ2n) is 5.32. The molecule has 2 saturated carbocycles. The summed E-state index contributed by atoms with van der Waals surface area (Å²) in [7, 11) is 0. The summed E-state index contributed by atoms with van der Waals surface area (Å²) in [5.74, 6) is 0.0357. The van der Waals surface area contributed by atoms with Crippen molar-refractivity contribution in [2.75, 3.05) is 0 Å². The lowest BCUT2D eigenvalue weighted by Gasteiger charge is -2.50. The molecule has 1 nitrogen and oxygen atoms in total. The maximum atomic E-state index is 13.8. The molecule has 2 aliphatic rings. The smallest absolute Gasteiger partial charge is 0.166 e. The molecule has 0 bridgehead atoms. The van der Waals surface area contributed by atoms with Crippen LogP contribution in [-0.4, -0.2) is 11.5 Å². The van der Waals surface area contributed by atoms with Crippen LogP contribution in [0, 0.1) is 11.2 Å². The molecule has 1 spiro atoms. The predicted octanol–water partition coefficient (Wildman–Crippen LogP) is 4.91. The Morgan fingerprint density at radius 2 is 2.06 bits per heavy atom. The maximum Gasteiger partial charge on any atom is 0.166 e. The molecule has 0 heterocycles. The van der Waals surface area contributed by atoms with E-state index in [2.05, 4.69) is 15.9 Å². The van der Waals surface area contributed by atoms with E-state index in [1.807, 2.05) is 0 Å². The van der Waals surface area contributed by atoms with Crippen LogP contribution in [0.1, 0.15) is 32.1 Å². The third kappa shape index (κ3) is 1.96. The number of hydrogen-bond donors (Lipinski definition) is 0. The van der Waals surface area contributed by atoms with Gasteiger partial charge in [-0.1, -0.05) is 28.8 Å². The fraction of sp³-hybridized carbons (Fsp3) is 0.571. The lowest BCUT2D eigenvalue weighted by Crippen LogP contribution is -2.55. The van der Waals surface area contributed by atoms with E-state index in [0.29, 0.717) is 5.75 Å². The predicted molar refractivity (Wildman–Crippen MR) is 73.7 cm³/mol. The van der Waals surface area contributed by atoms with Gasteiger partial charge in [0, 0.05) is 21.7 Å². The molecule has 0 radical (unpaired) electrons. The molecule has 2 atom stereocenters. The lowest BCUT2D eigenvalue weighted by molar-refractivity contribution is -0.0375. The summed E-state index contributed by atoms with van der Waals surface area (Å²) in [5, 5.41) is 0.198. The van der Waals surface area contributed by atoms with Crippen molar-refractivity contribution in [1.82, 2.24) is 0 Å². The molecule has 0 N–H and O–H groups in total. The van der Waals surface area contributed by atoms with Crippen molar-refractivity contribution in [2.24, 2.45) is 5.41 Å². The van der Waals surface area contributed by atoms with Crippen LogP contribution in [0.4, 0.5) is 4.39 Å². The monoisotopic (exact) mass is 332 g/mol. The van der Waals surface area contributed by atoms with Gasteiger partial charge in [-0.05, 0) is 31.0 Å². The number of rotatable bonds is 2. The summed E-state index contributed by atoms with van der Waals surface area (Å²) in [5.41, 5.74) is 0.0983. The first-order valence-electron chi connectivity index (χ1n) is 6.37. The van der Waals surface area contributed by atoms with Gasteiger partial charge in [0.25, 0.3) is 0 Å². The minimum Gasteiger partial charge on any atom is -0.487 e. The van der Waals surface area contributed by atoms with Gasteiger partial charge in [0.2, 0.25) is 0 Å². The van der Waals surface area contributed by atoms with Crippen molar-refractivity contribution < 1.29 is 9.13 Å². The summed E-state index contributed by atoms with van der Waals surface area (Å²) in [6.45, 7) is 0. The van der Waals surface area contributed by atoms with Crippen molar-refractivity contribution in [3.8, 4) is 5.75 Å². The molecule has 18 heavy (non-hydrogen) atoms. The Balaban J connectivity index is 1.77. The first-order chi connectivity index (χ1) is 8.62. The summed E-state index contributed by atoms with van der Waals surface area (Å²) in [4.78, 5) is 0. The fourth-order valence-electron chi connectivity index (χ4n) is 3.26. The Kier molecular flexibility index (Phi) is 3.31. The van der Waals surface area contributed by atoms with Gasteiger partial charge in [0.15, 0.2) is 11.6 Å². The Morgan fingerprint density at radius 3 is 2.67 bits per heavy atom. The minimum atomic E-state index is -0.310. The molecule has 1 aromatic rings. The number of hydrogen-bond acceptors (Lipinski definition) is 1. The average Bonchev–Trinajstić information content (AvgIpc) is 2.83. The minimum absolute atomic E-state index is 0.0816. The van der Waals surface area contributed by atoms with Crippen molar-refractivity contribution in [2.45, 2.75) is 43.6 Å². The van der Waals surface area contributed by atoms with Gasteiger partial charge in [-0.3, -0.25) is 0 Å². The molecule has 98 valence electrons. The van der Waals surface area contributed by atoms with E-state index >= 15 is 0 Å². The quantitative estimate of drug-likeness (QED) is 0.699. The zero-order chi connectivity index (χ0) is 12.8. The van der Waals surface area contributed by atoms with Crippen molar-refractivity contribution in [3.63, 3.8) is 0 Å². The highest BCUT2D eigenvalue weighted by Gasteiger charge is 2.57. The topological polar surface area (TPSA) is 9.23 Å². The van der Waals surface area contributed by atoms with Crippen LogP contribution in [0.5, 0.6) is 5.75 Å². The molecule has 2 aliphatic carbocycles. The SMILES string of the molecule is Fc1cc(Br)ccc1OC1CC(Cl)C12CCCC2. The van der Waals surface area contributed by atoms with E-state index in [0.717, 1.165) is 23.7 Å². The molecule has 0 aromatic heterocycles. The van der Waals surface area contributed by atoms with Gasteiger partial charge < -0.3 is 4.74 Å². The zero-order valence-corrected chi connectivity index (χ0v) is 12.3. The fourth-order valence-corrected chi connectivity index (χ4v) is 4.11. The van der Waals surface area contributed by atoms with E-state index in [1.54, 1.807) is 12.1 Å². The van der Waals surface area contributed by atoms with E-state index in [-0.39, 0.29) is 22.7 Å². The van der Waals surface area contributed by atoms with Gasteiger partial charge >= 0.3 is 0 Å². The van der Waals surface area contributed by atoms with E-state index in [1.165, 1.54) is 18.9 Å². The van der Waals surface area contributed by atoms with Gasteiger partial charge in [-0.2, -0.15) is 0 Å². The number of ether oxygens (including phenoxy) is 1. The van der Waals surface area contributed by atoms with Crippen LogP contribution in [0.15, 0.2) is 22.7 Å². The van der Waals surface area contributed by atoms with Crippen molar-refractivity contribution >= 4 is 27.5 Å². The Morgan fingerprint density at radius 1 is 1.33 bits per heavy atom. The number of benzene rings is 1. The lowest BCUT2D eigenvalue weighted by atomic mass is 9.64. The van der Waals surface area contributed by atoms with Gasteiger partial charge in [0.1, 0.15) is 6.10 Å². The summed E-state index contributed by atoms with van der Waals surface area (Å²) in [6, 6.07) is 4.92. The molecule has 2 fully saturated rings. The van der Waals surface area contributed by atoms with Crippen LogP contribution in [0.2, 0.25) is 0 Å². The van der Waals surface area contributed by atoms with Crippen LogP contribution in [0.25, 0.3) is 0 Å². The highest BCUT2D eigenvalue weighted by molar-refractivity contribution is 9.10. The van der Waals surface area contributed by atoms with Crippen LogP contribution in [-0.2, 0) is 0 Å². The number of alkyl halides is 1. The third-order valence-electron chi connectivity index (χ3n) is 4.38. The number of halogens is 3. The standard InChI is InChI=1S/C14H15BrClFO/c15-9-3-4-11(10(17)7-9)18-13-8-12(16)14(13)5-1-2-6-14/h3-4,7,12-13H,1-2,5-6,8H2. The van der Waals surface area contributed by atoms with E-state index in [4.69, 9.17) is 16.3 Å². The van der Waals surface area contributed by atoms with E-state index < -0.39 is 0 Å². The maximum absolute atomic E-state index is 13.8. The van der Waals surface area contributed by atoms with Gasteiger partial charge in [0.05, 0.1) is 0 Å². The van der Waals surface area contributed by atoms with Crippen molar-refractivity contribution in [1.29, 1.82) is 0 Å². The molecule has 1 aromatic carbocycles.